The fourth-order valence-electron chi connectivity index (χ4n) is 3.06. The Kier molecular flexibility index (Phi) is 5.03. The van der Waals surface area contributed by atoms with E-state index >= 15 is 0 Å². The predicted octanol–water partition coefficient (Wildman–Crippen LogP) is 4.14. The van der Waals surface area contributed by atoms with Crippen LogP contribution in [0.15, 0.2) is 46.9 Å². The van der Waals surface area contributed by atoms with Crippen LogP contribution in [0, 0.1) is 10.1 Å². The molecular weight excluding hydrogens is 386 g/mol. The molecule has 1 atom stereocenters. The normalized spacial score (nSPS) is 16.2. The molecule has 0 radical (unpaired) electrons. The minimum atomic E-state index is -0.470. The Morgan fingerprint density at radius 3 is 2.84 bits per heavy atom. The van der Waals surface area contributed by atoms with Crippen LogP contribution in [0.2, 0.25) is 0 Å². The van der Waals surface area contributed by atoms with E-state index < -0.39 is 4.92 Å². The second kappa shape index (κ2) is 7.23. The summed E-state index contributed by atoms with van der Waals surface area (Å²) in [4.78, 5) is 24.9. The average molecular weight is 404 g/mol. The van der Waals surface area contributed by atoms with E-state index in [2.05, 4.69) is 39.1 Å². The van der Waals surface area contributed by atoms with Crippen LogP contribution in [0.3, 0.4) is 0 Å². The fourth-order valence-corrected chi connectivity index (χ4v) is 3.53. The molecule has 130 valence electrons. The first-order valence-corrected chi connectivity index (χ1v) is 8.83. The molecule has 0 saturated carbocycles. The number of benzene rings is 2. The summed E-state index contributed by atoms with van der Waals surface area (Å²) in [6.45, 7) is 2.35. The Morgan fingerprint density at radius 2 is 2.12 bits per heavy atom. The lowest BCUT2D eigenvalue weighted by Gasteiger charge is -2.36. The first-order valence-electron chi connectivity index (χ1n) is 8.04. The first kappa shape index (κ1) is 17.4. The lowest BCUT2D eigenvalue weighted by molar-refractivity contribution is -0.384. The van der Waals surface area contributed by atoms with Gasteiger partial charge >= 0.3 is 0 Å². The number of fused-ring (bicyclic) bond motifs is 1. The van der Waals surface area contributed by atoms with Gasteiger partial charge in [-0.05, 0) is 53.4 Å². The van der Waals surface area contributed by atoms with Gasteiger partial charge in [0, 0.05) is 28.3 Å². The highest BCUT2D eigenvalue weighted by atomic mass is 79.9. The van der Waals surface area contributed by atoms with Crippen molar-refractivity contribution in [3.05, 3.63) is 62.6 Å². The van der Waals surface area contributed by atoms with Gasteiger partial charge < -0.3 is 10.2 Å². The summed E-state index contributed by atoms with van der Waals surface area (Å²) in [6.07, 6.45) is 2.02. The van der Waals surface area contributed by atoms with Crippen LogP contribution >= 0.6 is 15.9 Å². The summed E-state index contributed by atoms with van der Waals surface area (Å²) in [5.41, 5.74) is 2.85. The summed E-state index contributed by atoms with van der Waals surface area (Å²) in [5, 5.41) is 13.6. The van der Waals surface area contributed by atoms with Gasteiger partial charge in [0.15, 0.2) is 0 Å². The molecule has 1 aliphatic rings. The largest absolute Gasteiger partial charge is 0.359 e. The smallest absolute Gasteiger partial charge is 0.270 e. The molecule has 7 heteroatoms. The predicted molar refractivity (Wildman–Crippen MR) is 101 cm³/mol. The van der Waals surface area contributed by atoms with Crippen molar-refractivity contribution < 1.29 is 9.72 Å². The number of anilines is 2. The van der Waals surface area contributed by atoms with Gasteiger partial charge in [-0.15, -0.1) is 0 Å². The number of rotatable bonds is 4. The van der Waals surface area contributed by atoms with E-state index in [-0.39, 0.29) is 24.2 Å². The number of hydrogen-bond donors (Lipinski definition) is 1. The number of amides is 1. The van der Waals surface area contributed by atoms with E-state index in [4.69, 9.17) is 0 Å². The number of nitrogens with zero attached hydrogens (tertiary/aromatic N) is 2. The van der Waals surface area contributed by atoms with Gasteiger partial charge in [0.25, 0.3) is 5.69 Å². The molecule has 0 bridgehead atoms. The Balaban J connectivity index is 1.74. The number of para-hydroxylation sites is 1. The molecule has 2 aromatic rings. The van der Waals surface area contributed by atoms with Crippen molar-refractivity contribution in [2.24, 2.45) is 0 Å². The summed E-state index contributed by atoms with van der Waals surface area (Å²) < 4.78 is 0.488. The van der Waals surface area contributed by atoms with E-state index in [9.17, 15) is 14.9 Å². The van der Waals surface area contributed by atoms with Gasteiger partial charge in [0.2, 0.25) is 5.91 Å². The molecule has 0 spiro atoms. The number of aryl methyl sites for hydroxylation is 1. The van der Waals surface area contributed by atoms with Gasteiger partial charge in [-0.3, -0.25) is 14.9 Å². The molecular formula is C18H18BrN3O3. The highest BCUT2D eigenvalue weighted by Crippen LogP contribution is 2.31. The van der Waals surface area contributed by atoms with Gasteiger partial charge in [-0.25, -0.2) is 0 Å². The van der Waals surface area contributed by atoms with Crippen LogP contribution in [-0.4, -0.2) is 23.4 Å². The first-order chi connectivity index (χ1) is 12.0. The van der Waals surface area contributed by atoms with Crippen LogP contribution in [0.25, 0.3) is 0 Å². The molecule has 1 N–H and O–H groups in total. The molecule has 0 fully saturated rings. The number of halogens is 1. The van der Waals surface area contributed by atoms with Crippen molar-refractivity contribution in [2.75, 3.05) is 16.8 Å². The third kappa shape index (κ3) is 3.82. The molecule has 2 aromatic carbocycles. The van der Waals surface area contributed by atoms with Gasteiger partial charge in [0.1, 0.15) is 0 Å². The summed E-state index contributed by atoms with van der Waals surface area (Å²) >= 11 is 3.27. The van der Waals surface area contributed by atoms with Crippen molar-refractivity contribution in [2.45, 2.75) is 25.8 Å². The monoisotopic (exact) mass is 403 g/mol. The second-order valence-corrected chi connectivity index (χ2v) is 6.97. The third-order valence-electron chi connectivity index (χ3n) is 4.42. The highest BCUT2D eigenvalue weighted by Gasteiger charge is 2.24. The minimum Gasteiger partial charge on any atom is -0.359 e. The number of non-ortho nitro benzene ring substituents is 1. The minimum absolute atomic E-state index is 0.0246. The quantitative estimate of drug-likeness (QED) is 0.614. The van der Waals surface area contributed by atoms with Crippen molar-refractivity contribution in [1.82, 2.24) is 0 Å². The van der Waals surface area contributed by atoms with Crippen molar-refractivity contribution in [3.63, 3.8) is 0 Å². The molecule has 25 heavy (non-hydrogen) atoms. The van der Waals surface area contributed by atoms with Crippen LogP contribution in [-0.2, 0) is 11.2 Å². The zero-order valence-electron chi connectivity index (χ0n) is 13.7. The van der Waals surface area contributed by atoms with Crippen LogP contribution < -0.4 is 10.2 Å². The Morgan fingerprint density at radius 1 is 1.36 bits per heavy atom. The third-order valence-corrected chi connectivity index (χ3v) is 5.07. The topological polar surface area (TPSA) is 75.5 Å². The van der Waals surface area contributed by atoms with Crippen molar-refractivity contribution in [1.29, 1.82) is 0 Å². The van der Waals surface area contributed by atoms with E-state index in [1.807, 2.05) is 18.2 Å². The standard InChI is InChI=1S/C18H18BrN3O3/c1-12-6-7-13-4-2-3-5-17(13)21(12)11-18(23)20-16-9-8-14(22(24)25)10-15(16)19/h2-5,8-10,12H,6-7,11H2,1H3,(H,20,23). The number of nitro benzene ring substituents is 1. The summed E-state index contributed by atoms with van der Waals surface area (Å²) in [5.74, 6) is -0.155. The van der Waals surface area contributed by atoms with Crippen LogP contribution in [0.1, 0.15) is 18.9 Å². The lowest BCUT2D eigenvalue weighted by Crippen LogP contribution is -2.42. The zero-order chi connectivity index (χ0) is 18.0. The summed E-state index contributed by atoms with van der Waals surface area (Å²) in [7, 11) is 0. The molecule has 1 aliphatic heterocycles. The van der Waals surface area contributed by atoms with E-state index in [1.54, 1.807) is 0 Å². The fraction of sp³-hybridized carbons (Fsp3) is 0.278. The summed E-state index contributed by atoms with van der Waals surface area (Å²) in [6, 6.07) is 12.7. The molecule has 0 aromatic heterocycles. The van der Waals surface area contributed by atoms with Crippen LogP contribution in [0.4, 0.5) is 17.1 Å². The molecule has 3 rings (SSSR count). The van der Waals surface area contributed by atoms with Gasteiger partial charge in [0.05, 0.1) is 17.2 Å². The van der Waals surface area contributed by atoms with Crippen molar-refractivity contribution in [3.8, 4) is 0 Å². The molecule has 6 nitrogen and oxygen atoms in total. The van der Waals surface area contributed by atoms with E-state index in [0.717, 1.165) is 18.5 Å². The second-order valence-electron chi connectivity index (χ2n) is 6.11. The SMILES string of the molecule is CC1CCc2ccccc2N1CC(=O)Nc1ccc([N+](=O)[O-])cc1Br. The van der Waals surface area contributed by atoms with Gasteiger partial charge in [-0.1, -0.05) is 18.2 Å². The number of nitrogens with one attached hydrogen (secondary N) is 1. The number of carbonyl (C=O) groups excluding carboxylic acids is 1. The molecule has 1 amide bonds. The van der Waals surface area contributed by atoms with Crippen LogP contribution in [0.5, 0.6) is 0 Å². The molecule has 0 aliphatic carbocycles. The number of nitro groups is 1. The number of carbonyl (C=O) groups is 1. The van der Waals surface area contributed by atoms with E-state index in [1.165, 1.54) is 23.8 Å². The maximum Gasteiger partial charge on any atom is 0.270 e. The van der Waals surface area contributed by atoms with E-state index in [0.29, 0.717) is 10.2 Å². The van der Waals surface area contributed by atoms with Gasteiger partial charge in [-0.2, -0.15) is 0 Å². The molecule has 1 heterocycles. The zero-order valence-corrected chi connectivity index (χ0v) is 15.3. The Bertz CT molecular complexity index is 825. The van der Waals surface area contributed by atoms with Crippen molar-refractivity contribution >= 4 is 38.9 Å². The average Bonchev–Trinajstić information content (AvgIpc) is 2.59. The lowest BCUT2D eigenvalue weighted by atomic mass is 9.96. The highest BCUT2D eigenvalue weighted by molar-refractivity contribution is 9.10. The number of hydrogen-bond acceptors (Lipinski definition) is 4. The molecule has 1 unspecified atom stereocenters. The molecule has 0 saturated heterocycles. The maximum absolute atomic E-state index is 12.5. The Labute approximate surface area is 154 Å². The Hall–Kier alpha value is -2.41. The maximum atomic E-state index is 12.5.